The molecule has 0 saturated heterocycles. The van der Waals surface area contributed by atoms with Gasteiger partial charge in [0.2, 0.25) is 0 Å². The second-order valence-electron chi connectivity index (χ2n) is 19.8. The van der Waals surface area contributed by atoms with E-state index < -0.39 is 6.85 Å². The number of nitrogens with zero attached hydrogens (tertiary/aromatic N) is 3. The standard InChI is InChI=1S/C65H59N3O/c1-41(2)49-37-55(42(3)4)63(69)58(38-49)64-67-62-54(51-34-50(45-21-14-10-15-22-45)35-52(36-51)59-39-48(31-32-66-59)44-19-12-9-13-20-44)25-18-26-60(62)68(64)61-33-43(5)56(40-57(61)46-23-16-11-17-24-46)47-27-29-53(30-28-47)65(6,7)8/h9-42,69H,1-8H3/i5D3. The van der Waals surface area contributed by atoms with Gasteiger partial charge in [-0.1, -0.05) is 182 Å². The predicted octanol–water partition coefficient (Wildman–Crippen LogP) is 17.6. The van der Waals surface area contributed by atoms with Crippen molar-refractivity contribution >= 4 is 11.0 Å². The largest absolute Gasteiger partial charge is 0.507 e. The lowest BCUT2D eigenvalue weighted by atomic mass is 9.85. The molecule has 0 radical (unpaired) electrons. The molecule has 10 rings (SSSR count). The second kappa shape index (κ2) is 18.3. The molecule has 8 aromatic carbocycles. The van der Waals surface area contributed by atoms with E-state index in [9.17, 15) is 5.11 Å². The molecule has 0 aliphatic heterocycles. The van der Waals surface area contributed by atoms with Crippen LogP contribution in [0.3, 0.4) is 0 Å². The van der Waals surface area contributed by atoms with Crippen molar-refractivity contribution < 1.29 is 9.22 Å². The van der Waals surface area contributed by atoms with E-state index in [1.54, 1.807) is 0 Å². The van der Waals surface area contributed by atoms with Crippen LogP contribution in [0.15, 0.2) is 194 Å². The SMILES string of the molecule is [2H]C([2H])([2H])c1cc(-n2c(-c3cc(C(C)C)cc(C(C)C)c3O)nc3c(-c4cc(-c5ccccc5)cc(-c5cc(-c6ccccc6)ccn5)c4)cccc32)c(-c2ccccc2)cc1-c1ccc(C(C)(C)C)cc1. The number of para-hydroxylation sites is 1. The average Bonchev–Trinajstić information content (AvgIpc) is 3.78. The van der Waals surface area contributed by atoms with E-state index in [1.807, 2.05) is 85.1 Å². The van der Waals surface area contributed by atoms with Crippen LogP contribution >= 0.6 is 0 Å². The minimum absolute atomic E-state index is 0.00925. The first-order valence-corrected chi connectivity index (χ1v) is 24.0. The van der Waals surface area contributed by atoms with Gasteiger partial charge in [-0.25, -0.2) is 4.98 Å². The van der Waals surface area contributed by atoms with Crippen molar-refractivity contribution in [2.75, 3.05) is 0 Å². The van der Waals surface area contributed by atoms with Crippen molar-refractivity contribution in [1.29, 1.82) is 0 Å². The molecule has 0 aliphatic rings. The van der Waals surface area contributed by atoms with Gasteiger partial charge in [-0.15, -0.1) is 0 Å². The van der Waals surface area contributed by atoms with Crippen molar-refractivity contribution in [3.8, 4) is 89.7 Å². The van der Waals surface area contributed by atoms with Crippen LogP contribution in [-0.4, -0.2) is 19.6 Å². The molecule has 2 heterocycles. The normalized spacial score (nSPS) is 12.6. The number of phenolic OH excluding ortho intramolecular Hbond substituents is 1. The fourth-order valence-corrected chi connectivity index (χ4v) is 9.52. The van der Waals surface area contributed by atoms with Crippen molar-refractivity contribution in [2.24, 2.45) is 0 Å². The summed E-state index contributed by atoms with van der Waals surface area (Å²) in [6.07, 6.45) is 1.87. The Morgan fingerprint density at radius 1 is 0.507 bits per heavy atom. The van der Waals surface area contributed by atoms with Crippen LogP contribution in [0.1, 0.15) is 86.7 Å². The molecule has 4 heteroatoms. The molecule has 2 aromatic heterocycles. The lowest BCUT2D eigenvalue weighted by Crippen LogP contribution is -2.10. The third-order valence-electron chi connectivity index (χ3n) is 13.4. The highest BCUT2D eigenvalue weighted by Gasteiger charge is 2.26. The summed E-state index contributed by atoms with van der Waals surface area (Å²) >= 11 is 0. The summed E-state index contributed by atoms with van der Waals surface area (Å²) in [6.45, 7) is 12.5. The molecule has 1 N–H and O–H groups in total. The van der Waals surface area contributed by atoms with Gasteiger partial charge in [-0.05, 0) is 145 Å². The Labute approximate surface area is 411 Å². The monoisotopic (exact) mass is 900 g/mol. The van der Waals surface area contributed by atoms with E-state index in [0.29, 0.717) is 28.2 Å². The number of aromatic hydroxyl groups is 1. The van der Waals surface area contributed by atoms with E-state index in [4.69, 9.17) is 14.1 Å². The molecule has 0 atom stereocenters. The number of phenols is 1. The van der Waals surface area contributed by atoms with Crippen molar-refractivity contribution in [2.45, 2.75) is 72.6 Å². The molecule has 0 unspecified atom stereocenters. The maximum atomic E-state index is 12.5. The van der Waals surface area contributed by atoms with Crippen LogP contribution in [-0.2, 0) is 5.41 Å². The van der Waals surface area contributed by atoms with Gasteiger partial charge >= 0.3 is 0 Å². The van der Waals surface area contributed by atoms with Crippen LogP contribution in [0.2, 0.25) is 0 Å². The molecule has 4 nitrogen and oxygen atoms in total. The van der Waals surface area contributed by atoms with Crippen LogP contribution in [0.4, 0.5) is 0 Å². The number of imidazole rings is 1. The predicted molar refractivity (Wildman–Crippen MR) is 290 cm³/mol. The minimum atomic E-state index is -2.49. The van der Waals surface area contributed by atoms with E-state index in [0.717, 1.165) is 83.5 Å². The number of hydrogen-bond acceptors (Lipinski definition) is 3. The van der Waals surface area contributed by atoms with Crippen LogP contribution in [0.5, 0.6) is 5.75 Å². The number of rotatable bonds is 10. The Hall–Kier alpha value is -7.82. The quantitative estimate of drug-likeness (QED) is 0.149. The molecule has 0 fully saturated rings. The molecule has 0 saturated carbocycles. The van der Waals surface area contributed by atoms with E-state index in [2.05, 4.69) is 162 Å². The lowest BCUT2D eigenvalue weighted by Gasteiger charge is -2.22. The summed E-state index contributed by atoms with van der Waals surface area (Å²) in [5.41, 5.74) is 16.9. The van der Waals surface area contributed by atoms with Gasteiger partial charge in [0.1, 0.15) is 11.6 Å². The highest BCUT2D eigenvalue weighted by atomic mass is 16.3. The Bertz CT molecular complexity index is 3590. The van der Waals surface area contributed by atoms with Gasteiger partial charge in [0.15, 0.2) is 0 Å². The Morgan fingerprint density at radius 2 is 1.13 bits per heavy atom. The fraction of sp³-hybridized carbons (Fsp3) is 0.169. The minimum Gasteiger partial charge on any atom is -0.507 e. The molecular formula is C65H59N3O. The smallest absolute Gasteiger partial charge is 0.149 e. The zero-order chi connectivity index (χ0) is 50.5. The fourth-order valence-electron chi connectivity index (χ4n) is 9.52. The number of hydrogen-bond donors (Lipinski definition) is 1. The van der Waals surface area contributed by atoms with Gasteiger partial charge in [0, 0.05) is 27.0 Å². The number of pyridine rings is 1. The molecule has 0 spiro atoms. The zero-order valence-corrected chi connectivity index (χ0v) is 40.4. The highest BCUT2D eigenvalue weighted by Crippen LogP contribution is 2.45. The molecule has 0 aliphatic carbocycles. The molecule has 0 bridgehead atoms. The summed E-state index contributed by atoms with van der Waals surface area (Å²) in [4.78, 5) is 10.6. The van der Waals surface area contributed by atoms with Gasteiger partial charge < -0.3 is 5.11 Å². The van der Waals surface area contributed by atoms with Crippen molar-refractivity contribution in [3.63, 3.8) is 0 Å². The lowest BCUT2D eigenvalue weighted by molar-refractivity contribution is 0.466. The van der Waals surface area contributed by atoms with E-state index >= 15 is 0 Å². The summed E-state index contributed by atoms with van der Waals surface area (Å²) < 4.78 is 29.4. The Morgan fingerprint density at radius 3 is 1.77 bits per heavy atom. The van der Waals surface area contributed by atoms with Crippen LogP contribution in [0, 0.1) is 6.85 Å². The number of aromatic nitrogens is 3. The molecule has 69 heavy (non-hydrogen) atoms. The van der Waals surface area contributed by atoms with Gasteiger partial charge in [-0.3, -0.25) is 9.55 Å². The summed E-state index contributed by atoms with van der Waals surface area (Å²) in [5.74, 6) is 0.814. The summed E-state index contributed by atoms with van der Waals surface area (Å²) in [7, 11) is 0. The molecule has 0 amide bonds. The maximum absolute atomic E-state index is 12.5. The van der Waals surface area contributed by atoms with E-state index in [-0.39, 0.29) is 28.6 Å². The molecular weight excluding hydrogens is 839 g/mol. The third kappa shape index (κ3) is 8.80. The first kappa shape index (κ1) is 41.4. The van der Waals surface area contributed by atoms with Gasteiger partial charge in [0.05, 0.1) is 28.0 Å². The molecule has 10 aromatic rings. The average molecular weight is 901 g/mol. The number of benzene rings is 8. The number of aryl methyl sites for hydroxylation is 1. The first-order valence-electron chi connectivity index (χ1n) is 25.5. The topological polar surface area (TPSA) is 50.9 Å². The van der Waals surface area contributed by atoms with Crippen molar-refractivity contribution in [3.05, 3.63) is 217 Å². The van der Waals surface area contributed by atoms with Crippen LogP contribution in [0.25, 0.3) is 95.0 Å². The first-order chi connectivity index (χ1) is 34.5. The van der Waals surface area contributed by atoms with Gasteiger partial charge in [0.25, 0.3) is 0 Å². The third-order valence-corrected chi connectivity index (χ3v) is 13.4. The van der Waals surface area contributed by atoms with Crippen LogP contribution < -0.4 is 0 Å². The Kier molecular flexibility index (Phi) is 11.0. The second-order valence-corrected chi connectivity index (χ2v) is 19.8. The summed E-state index contributed by atoms with van der Waals surface area (Å²) in [5, 5.41) is 12.5. The van der Waals surface area contributed by atoms with Crippen molar-refractivity contribution in [1.82, 2.24) is 14.5 Å². The zero-order valence-electron chi connectivity index (χ0n) is 43.4. The van der Waals surface area contributed by atoms with E-state index in [1.165, 1.54) is 0 Å². The molecule has 340 valence electrons. The number of fused-ring (bicyclic) bond motifs is 1. The maximum Gasteiger partial charge on any atom is 0.149 e. The highest BCUT2D eigenvalue weighted by molar-refractivity contribution is 5.99. The summed E-state index contributed by atoms with van der Waals surface area (Å²) in [6, 6.07) is 64.2. The Balaban J connectivity index is 1.30. The van der Waals surface area contributed by atoms with Gasteiger partial charge in [-0.2, -0.15) is 0 Å².